The zero-order valence-electron chi connectivity index (χ0n) is 19.3. The van der Waals surface area contributed by atoms with Crippen molar-refractivity contribution in [2.45, 2.75) is 37.5 Å². The van der Waals surface area contributed by atoms with Gasteiger partial charge in [0.25, 0.3) is 0 Å². The minimum atomic E-state index is -4.50. The van der Waals surface area contributed by atoms with Crippen molar-refractivity contribution < 1.29 is 27.9 Å². The molecule has 0 saturated heterocycles. The number of carboxylic acid groups (broad SMARTS) is 1. The molecule has 36 heavy (non-hydrogen) atoms. The van der Waals surface area contributed by atoms with Crippen LogP contribution in [-0.4, -0.2) is 34.2 Å². The highest BCUT2D eigenvalue weighted by molar-refractivity contribution is 5.86. The number of aryl methyl sites for hydroxylation is 1. The zero-order chi connectivity index (χ0) is 26.0. The number of hydrogen-bond donors (Lipinski definition) is 3. The second-order valence-corrected chi connectivity index (χ2v) is 8.16. The molecule has 2 aromatic carbocycles. The van der Waals surface area contributed by atoms with Crippen molar-refractivity contribution in [3.05, 3.63) is 107 Å². The van der Waals surface area contributed by atoms with Crippen LogP contribution in [0.1, 0.15) is 28.8 Å². The second-order valence-electron chi connectivity index (χ2n) is 8.16. The Balaban J connectivity index is 1.79. The van der Waals surface area contributed by atoms with Crippen LogP contribution in [0.15, 0.2) is 85.1 Å². The molecule has 0 bridgehead atoms. The maximum Gasteiger partial charge on any atom is 0.416 e. The molecule has 1 aromatic heterocycles. The van der Waals surface area contributed by atoms with E-state index in [4.69, 9.17) is 0 Å². The Morgan fingerprint density at radius 3 is 2.19 bits per heavy atom. The number of aromatic nitrogens is 1. The number of rotatable bonds is 10. The van der Waals surface area contributed by atoms with Gasteiger partial charge in [0, 0.05) is 18.7 Å². The zero-order valence-corrected chi connectivity index (χ0v) is 19.3. The van der Waals surface area contributed by atoms with Gasteiger partial charge < -0.3 is 15.7 Å². The van der Waals surface area contributed by atoms with Gasteiger partial charge in [-0.25, -0.2) is 4.79 Å². The molecule has 0 aliphatic rings. The van der Waals surface area contributed by atoms with E-state index in [-0.39, 0.29) is 12.1 Å². The smallest absolute Gasteiger partial charge is 0.416 e. The van der Waals surface area contributed by atoms with E-state index in [2.05, 4.69) is 15.6 Å². The van der Waals surface area contributed by atoms with E-state index in [1.165, 1.54) is 6.08 Å². The molecule has 0 aliphatic heterocycles. The molecule has 0 saturated carbocycles. The highest BCUT2D eigenvalue weighted by atomic mass is 19.4. The Bertz CT molecular complexity index is 1170. The molecular formula is C27H26F3N3O3. The summed E-state index contributed by atoms with van der Waals surface area (Å²) in [6, 6.07) is 18.7. The van der Waals surface area contributed by atoms with Gasteiger partial charge in [-0.05, 0) is 42.2 Å². The summed E-state index contributed by atoms with van der Waals surface area (Å²) in [4.78, 5) is 28.3. The van der Waals surface area contributed by atoms with Crippen molar-refractivity contribution in [1.82, 2.24) is 15.6 Å². The SMILES string of the molecule is O=C(O)NC(Cc1ccccc1)C(=O)NC(/C=C/c1cc(C(F)(F)F)ccn1)CCc1ccccc1. The molecule has 3 aromatic rings. The molecule has 2 unspecified atom stereocenters. The lowest BCUT2D eigenvalue weighted by atomic mass is 10.0. The van der Waals surface area contributed by atoms with E-state index in [1.807, 2.05) is 36.4 Å². The van der Waals surface area contributed by atoms with Crippen LogP contribution in [0.5, 0.6) is 0 Å². The Morgan fingerprint density at radius 2 is 1.58 bits per heavy atom. The van der Waals surface area contributed by atoms with Gasteiger partial charge in [0.2, 0.25) is 5.91 Å². The molecule has 1 heterocycles. The number of carbonyl (C=O) groups is 2. The number of pyridine rings is 1. The van der Waals surface area contributed by atoms with Crippen LogP contribution < -0.4 is 10.6 Å². The van der Waals surface area contributed by atoms with Crippen molar-refractivity contribution in [3.63, 3.8) is 0 Å². The number of carbonyl (C=O) groups excluding carboxylic acids is 1. The number of nitrogens with one attached hydrogen (secondary N) is 2. The van der Waals surface area contributed by atoms with Crippen LogP contribution in [-0.2, 0) is 23.8 Å². The lowest BCUT2D eigenvalue weighted by Gasteiger charge is -2.21. The topological polar surface area (TPSA) is 91.3 Å². The summed E-state index contributed by atoms with van der Waals surface area (Å²) in [5.41, 5.74) is 1.06. The molecule has 9 heteroatoms. The van der Waals surface area contributed by atoms with Crippen molar-refractivity contribution in [2.75, 3.05) is 0 Å². The minimum absolute atomic E-state index is 0.0910. The molecule has 3 N–H and O–H groups in total. The van der Waals surface area contributed by atoms with Crippen molar-refractivity contribution in [1.29, 1.82) is 0 Å². The maximum absolute atomic E-state index is 13.1. The van der Waals surface area contributed by atoms with Crippen molar-refractivity contribution in [3.8, 4) is 0 Å². The van der Waals surface area contributed by atoms with Gasteiger partial charge in [0.15, 0.2) is 0 Å². The lowest BCUT2D eigenvalue weighted by Crippen LogP contribution is -2.50. The predicted octanol–water partition coefficient (Wildman–Crippen LogP) is 5.11. The first-order valence-electron chi connectivity index (χ1n) is 11.3. The molecule has 188 valence electrons. The number of benzene rings is 2. The quantitative estimate of drug-likeness (QED) is 0.363. The number of halogens is 3. The molecule has 0 radical (unpaired) electrons. The molecule has 0 aliphatic carbocycles. The number of hydrogen-bond acceptors (Lipinski definition) is 3. The van der Waals surface area contributed by atoms with E-state index in [1.54, 1.807) is 30.3 Å². The van der Waals surface area contributed by atoms with Gasteiger partial charge in [-0.15, -0.1) is 0 Å². The third-order valence-electron chi connectivity index (χ3n) is 5.42. The Morgan fingerprint density at radius 1 is 0.944 bits per heavy atom. The summed E-state index contributed by atoms with van der Waals surface area (Å²) < 4.78 is 39.2. The summed E-state index contributed by atoms with van der Waals surface area (Å²) in [5.74, 6) is -0.541. The summed E-state index contributed by atoms with van der Waals surface area (Å²) in [7, 11) is 0. The average Bonchev–Trinajstić information content (AvgIpc) is 2.86. The van der Waals surface area contributed by atoms with E-state index < -0.39 is 35.8 Å². The Kier molecular flexibility index (Phi) is 9.21. The molecule has 2 amide bonds. The molecule has 0 fully saturated rings. The van der Waals surface area contributed by atoms with Crippen LogP contribution >= 0.6 is 0 Å². The van der Waals surface area contributed by atoms with Gasteiger partial charge in [0.05, 0.1) is 11.3 Å². The molecular weight excluding hydrogens is 471 g/mol. The highest BCUT2D eigenvalue weighted by Crippen LogP contribution is 2.29. The fourth-order valence-electron chi connectivity index (χ4n) is 3.61. The number of nitrogens with zero attached hydrogens (tertiary/aromatic N) is 1. The first-order valence-corrected chi connectivity index (χ1v) is 11.3. The van der Waals surface area contributed by atoms with Crippen LogP contribution in [0.2, 0.25) is 0 Å². The largest absolute Gasteiger partial charge is 0.465 e. The summed E-state index contributed by atoms with van der Waals surface area (Å²) in [6.45, 7) is 0. The molecule has 2 atom stereocenters. The predicted molar refractivity (Wildman–Crippen MR) is 130 cm³/mol. The molecule has 0 spiro atoms. The van der Waals surface area contributed by atoms with Gasteiger partial charge in [0.1, 0.15) is 6.04 Å². The van der Waals surface area contributed by atoms with E-state index in [0.29, 0.717) is 12.8 Å². The standard InChI is InChI=1S/C27H26F3N3O3/c28-27(29,30)21-15-16-31-23(18-21)14-13-22(12-11-19-7-3-1-4-8-19)32-25(34)24(33-26(35)36)17-20-9-5-2-6-10-20/h1-10,13-16,18,22,24,33H,11-12,17H2,(H,32,34)(H,35,36)/b14-13+. The third-order valence-corrected chi connectivity index (χ3v) is 5.42. The fourth-order valence-corrected chi connectivity index (χ4v) is 3.61. The van der Waals surface area contributed by atoms with Crippen molar-refractivity contribution >= 4 is 18.1 Å². The summed E-state index contributed by atoms with van der Waals surface area (Å²) in [6.07, 6.45) is -0.602. The summed E-state index contributed by atoms with van der Waals surface area (Å²) >= 11 is 0. The van der Waals surface area contributed by atoms with Gasteiger partial charge in [-0.1, -0.05) is 66.7 Å². The molecule has 6 nitrogen and oxygen atoms in total. The van der Waals surface area contributed by atoms with Gasteiger partial charge in [-0.3, -0.25) is 9.78 Å². The van der Waals surface area contributed by atoms with E-state index in [0.717, 1.165) is 29.5 Å². The van der Waals surface area contributed by atoms with E-state index in [9.17, 15) is 27.9 Å². The third kappa shape index (κ3) is 8.57. The maximum atomic E-state index is 13.1. The van der Waals surface area contributed by atoms with Crippen LogP contribution in [0.4, 0.5) is 18.0 Å². The minimum Gasteiger partial charge on any atom is -0.465 e. The molecule has 3 rings (SSSR count). The monoisotopic (exact) mass is 497 g/mol. The summed E-state index contributed by atoms with van der Waals surface area (Å²) in [5, 5.41) is 14.3. The van der Waals surface area contributed by atoms with Gasteiger partial charge >= 0.3 is 12.3 Å². The van der Waals surface area contributed by atoms with Gasteiger partial charge in [-0.2, -0.15) is 13.2 Å². The number of amides is 2. The van der Waals surface area contributed by atoms with Crippen LogP contribution in [0.25, 0.3) is 6.08 Å². The normalized spacial score (nSPS) is 13.2. The van der Waals surface area contributed by atoms with Crippen molar-refractivity contribution in [2.24, 2.45) is 0 Å². The van der Waals surface area contributed by atoms with Crippen LogP contribution in [0, 0.1) is 0 Å². The number of alkyl halides is 3. The average molecular weight is 498 g/mol. The Labute approximate surface area is 206 Å². The highest BCUT2D eigenvalue weighted by Gasteiger charge is 2.30. The Hall–Kier alpha value is -4.14. The second kappa shape index (κ2) is 12.5. The van der Waals surface area contributed by atoms with E-state index >= 15 is 0 Å². The lowest BCUT2D eigenvalue weighted by molar-refractivity contribution is -0.137. The fraction of sp³-hybridized carbons (Fsp3) is 0.222. The van der Waals surface area contributed by atoms with Crippen LogP contribution in [0.3, 0.4) is 0 Å². The first-order chi connectivity index (χ1) is 17.2. The first kappa shape index (κ1) is 26.5.